The Bertz CT molecular complexity index is 922. The number of hydrogen-bond acceptors (Lipinski definition) is 4. The summed E-state index contributed by atoms with van der Waals surface area (Å²) < 4.78 is 16.5. The van der Waals surface area contributed by atoms with E-state index in [2.05, 4.69) is 136 Å². The molecule has 0 bridgehead atoms. The molecule has 0 heterocycles. The normalized spacial score (nSPS) is 10.7. The largest absolute Gasteiger partial charge is 0.456 e. The summed E-state index contributed by atoms with van der Waals surface area (Å²) in [5, 5.41) is 1.97. The van der Waals surface area contributed by atoms with Crippen molar-refractivity contribution in [2.75, 3.05) is 26.3 Å². The molecule has 29 heavy (non-hydrogen) atoms. The molecule has 0 aliphatic rings. The average Bonchev–Trinajstić information content (AvgIpc) is 2.67. The van der Waals surface area contributed by atoms with E-state index >= 15 is 0 Å². The quantitative estimate of drug-likeness (QED) is 0.177. The van der Waals surface area contributed by atoms with Crippen molar-refractivity contribution >= 4 is 147 Å². The van der Waals surface area contributed by atoms with Crippen molar-refractivity contribution in [3.8, 4) is 0 Å². The van der Waals surface area contributed by atoms with Crippen molar-refractivity contribution < 1.29 is 24.4 Å². The zero-order chi connectivity index (χ0) is 21.6. The van der Waals surface area contributed by atoms with Gasteiger partial charge in [0.15, 0.2) is 0 Å². The fourth-order valence-corrected chi connectivity index (χ4v) is 6.88. The summed E-state index contributed by atoms with van der Waals surface area (Å²) in [6, 6.07) is 7.75. The molecule has 0 aliphatic heterocycles. The molecule has 2 N–H and O–H groups in total. The van der Waals surface area contributed by atoms with E-state index in [1.54, 1.807) is 0 Å². The summed E-state index contributed by atoms with van der Waals surface area (Å²) in [5.74, 6) is -0.617. The molecule has 0 saturated heterocycles. The van der Waals surface area contributed by atoms with Gasteiger partial charge < -0.3 is 14.8 Å². The lowest BCUT2D eigenvalue weighted by Gasteiger charge is -2.10. The molecule has 5 nitrogen and oxygen atoms in total. The molecule has 0 aromatic heterocycles. The number of nitrogens with two attached hydrogens (primary N) is 1. The number of rotatable bonds is 8. The van der Waals surface area contributed by atoms with Crippen LogP contribution in [0, 0.1) is 21.4 Å². The summed E-state index contributed by atoms with van der Waals surface area (Å²) in [5.41, 5.74) is 1.21. The van der Waals surface area contributed by atoms with Crippen molar-refractivity contribution in [1.82, 2.24) is 0 Å². The zero-order valence-electron chi connectivity index (χ0n) is 14.6. The molecule has 0 unspecified atom stereocenters. The summed E-state index contributed by atoms with van der Waals surface area (Å²) in [6.45, 7) is 1.83. The lowest BCUT2D eigenvalue weighted by Crippen LogP contribution is -2.86. The fourth-order valence-electron chi connectivity index (χ4n) is 2.18. The molecule has 2 rings (SSSR count). The van der Waals surface area contributed by atoms with Crippen LogP contribution < -0.4 is 5.32 Å². The Labute approximate surface area is 250 Å². The van der Waals surface area contributed by atoms with E-state index in [4.69, 9.17) is 9.47 Å². The number of halogens is 6. The Morgan fingerprint density at radius 1 is 0.759 bits per heavy atom. The minimum absolute atomic E-state index is 0.303. The maximum atomic E-state index is 12.3. The third kappa shape index (κ3) is 8.22. The van der Waals surface area contributed by atoms with Gasteiger partial charge >= 0.3 is 11.9 Å². The van der Waals surface area contributed by atoms with E-state index in [0.29, 0.717) is 37.4 Å². The van der Waals surface area contributed by atoms with Gasteiger partial charge in [-0.3, -0.25) is 0 Å². The monoisotopic (exact) mass is 1070 g/mol. The summed E-state index contributed by atoms with van der Waals surface area (Å²) >= 11 is 13.1. The molecular weight excluding hydrogens is 1060 g/mol. The van der Waals surface area contributed by atoms with Crippen molar-refractivity contribution in [3.05, 3.63) is 56.8 Å². The Morgan fingerprint density at radius 2 is 1.34 bits per heavy atom. The Balaban J connectivity index is 1.71. The Morgan fingerprint density at radius 3 is 2.00 bits per heavy atom. The molecule has 0 saturated carbocycles. The number of esters is 2. The average molecular weight is 1070 g/mol. The maximum Gasteiger partial charge on any atom is 0.340 e. The van der Waals surface area contributed by atoms with Gasteiger partial charge in [0.1, 0.15) is 26.3 Å². The second-order valence-electron chi connectivity index (χ2n) is 5.61. The van der Waals surface area contributed by atoms with E-state index in [0.717, 1.165) is 21.4 Å². The van der Waals surface area contributed by atoms with Gasteiger partial charge in [-0.25, -0.2) is 9.59 Å². The van der Waals surface area contributed by atoms with Gasteiger partial charge in [-0.15, -0.1) is 0 Å². The number of carbonyl (C=O) groups excluding carboxylic acids is 2. The first-order valence-electron chi connectivity index (χ1n) is 8.16. The molecule has 0 atom stereocenters. The van der Waals surface area contributed by atoms with Gasteiger partial charge in [-0.1, -0.05) is 0 Å². The number of carbonyl (C=O) groups is 2. The van der Waals surface area contributed by atoms with Gasteiger partial charge in [0.2, 0.25) is 0 Å². The van der Waals surface area contributed by atoms with Gasteiger partial charge in [-0.2, -0.15) is 0 Å². The summed E-state index contributed by atoms with van der Waals surface area (Å²) in [6.07, 6.45) is 0. The molecular formula is C18H14I6NO4+. The third-order valence-electron chi connectivity index (χ3n) is 3.57. The highest BCUT2D eigenvalue weighted by Gasteiger charge is 2.18. The van der Waals surface area contributed by atoms with Gasteiger partial charge in [0, 0.05) is 21.4 Å². The second-order valence-corrected chi connectivity index (χ2v) is 12.5. The van der Waals surface area contributed by atoms with Crippen molar-refractivity contribution in [1.29, 1.82) is 0 Å². The van der Waals surface area contributed by atoms with Crippen LogP contribution in [0.4, 0.5) is 0 Å². The SMILES string of the molecule is O=C(OCC[NH2+]CCOC(=O)c1c(I)ccc(I)c1I)c1cc(I)cc(I)c1I. The zero-order valence-corrected chi connectivity index (χ0v) is 27.6. The van der Waals surface area contributed by atoms with Crippen LogP contribution in [0.2, 0.25) is 0 Å². The highest BCUT2D eigenvalue weighted by Crippen LogP contribution is 2.25. The molecule has 2 aromatic rings. The second kappa shape index (κ2) is 13.4. The first-order valence-corrected chi connectivity index (χ1v) is 14.6. The van der Waals surface area contributed by atoms with Crippen molar-refractivity contribution in [3.63, 3.8) is 0 Å². The topological polar surface area (TPSA) is 69.2 Å². The van der Waals surface area contributed by atoms with Crippen LogP contribution in [0.25, 0.3) is 0 Å². The van der Waals surface area contributed by atoms with Gasteiger partial charge in [-0.05, 0) is 160 Å². The Kier molecular flexibility index (Phi) is 12.5. The van der Waals surface area contributed by atoms with E-state index < -0.39 is 0 Å². The van der Waals surface area contributed by atoms with Crippen LogP contribution in [0.5, 0.6) is 0 Å². The maximum absolute atomic E-state index is 12.3. The minimum Gasteiger partial charge on any atom is -0.456 e. The number of ether oxygens (including phenoxy) is 2. The van der Waals surface area contributed by atoms with Crippen molar-refractivity contribution in [2.45, 2.75) is 0 Å². The highest BCUT2D eigenvalue weighted by molar-refractivity contribution is 14.1. The lowest BCUT2D eigenvalue weighted by atomic mass is 10.2. The van der Waals surface area contributed by atoms with E-state index in [-0.39, 0.29) is 11.9 Å². The molecule has 0 radical (unpaired) electrons. The van der Waals surface area contributed by atoms with E-state index in [9.17, 15) is 9.59 Å². The van der Waals surface area contributed by atoms with Crippen LogP contribution >= 0.6 is 136 Å². The Hall–Kier alpha value is 1.72. The predicted octanol–water partition coefficient (Wildman–Crippen LogP) is 4.89. The van der Waals surface area contributed by atoms with Crippen LogP contribution in [0.1, 0.15) is 20.7 Å². The van der Waals surface area contributed by atoms with Gasteiger partial charge in [0.05, 0.1) is 11.1 Å². The minimum atomic E-state index is -0.312. The first kappa shape index (κ1) is 27.0. The van der Waals surface area contributed by atoms with Crippen LogP contribution in [0.15, 0.2) is 24.3 Å². The standard InChI is InChI=1S/C18H13I6NO4/c19-9-7-10(15(23)13(22)8-9)17(26)28-5-3-25-4-6-29-18(27)14-11(20)1-2-12(21)16(14)24/h1-2,7-8,25H,3-6H2/p+1. The van der Waals surface area contributed by atoms with Crippen LogP contribution in [0.3, 0.4) is 0 Å². The molecule has 0 amide bonds. The number of hydrogen-bond donors (Lipinski definition) is 1. The molecule has 0 spiro atoms. The first-order chi connectivity index (χ1) is 13.7. The molecule has 0 aliphatic carbocycles. The predicted molar refractivity (Wildman–Crippen MR) is 161 cm³/mol. The van der Waals surface area contributed by atoms with Gasteiger partial charge in [0.25, 0.3) is 0 Å². The molecule has 2 aromatic carbocycles. The molecule has 11 heteroatoms. The number of quaternary nitrogens is 1. The summed E-state index contributed by atoms with van der Waals surface area (Å²) in [4.78, 5) is 24.6. The smallest absolute Gasteiger partial charge is 0.340 e. The van der Waals surface area contributed by atoms with E-state index in [1.165, 1.54) is 0 Å². The van der Waals surface area contributed by atoms with E-state index in [1.807, 2.05) is 29.6 Å². The summed E-state index contributed by atoms with van der Waals surface area (Å²) in [7, 11) is 0. The molecule has 156 valence electrons. The van der Waals surface area contributed by atoms with Crippen LogP contribution in [-0.2, 0) is 9.47 Å². The van der Waals surface area contributed by atoms with Crippen molar-refractivity contribution in [2.24, 2.45) is 0 Å². The number of benzene rings is 2. The van der Waals surface area contributed by atoms with Crippen LogP contribution in [-0.4, -0.2) is 38.2 Å². The fraction of sp³-hybridized carbons (Fsp3) is 0.222. The molecule has 0 fully saturated rings. The highest BCUT2D eigenvalue weighted by atomic mass is 127. The third-order valence-corrected chi connectivity index (χ3v) is 11.2. The lowest BCUT2D eigenvalue weighted by molar-refractivity contribution is -0.656.